The van der Waals surface area contributed by atoms with E-state index < -0.39 is 0 Å². The molecule has 0 spiro atoms. The molecule has 0 bridgehead atoms. The summed E-state index contributed by atoms with van der Waals surface area (Å²) in [6.45, 7) is 4.30. The normalized spacial score (nSPS) is 12.4. The lowest BCUT2D eigenvalue weighted by atomic mass is 9.77. The van der Waals surface area contributed by atoms with Gasteiger partial charge in [-0.15, -0.1) is 0 Å². The van der Waals surface area contributed by atoms with Crippen LogP contribution in [-0.4, -0.2) is 17.1 Å². The van der Waals surface area contributed by atoms with Crippen LogP contribution in [0.3, 0.4) is 0 Å². The van der Waals surface area contributed by atoms with Gasteiger partial charge in [-0.25, -0.2) is 0 Å². The SMILES string of the molecule is COc1ccccc1OC(c1cccnc1)C(C)(C)c1cccnc1. The quantitative estimate of drug-likeness (QED) is 0.662. The lowest BCUT2D eigenvalue weighted by Gasteiger charge is -2.35. The minimum Gasteiger partial charge on any atom is -0.493 e. The summed E-state index contributed by atoms with van der Waals surface area (Å²) in [5, 5.41) is 0. The van der Waals surface area contributed by atoms with Crippen LogP contribution in [-0.2, 0) is 5.41 Å². The first kappa shape index (κ1) is 17.0. The minimum absolute atomic E-state index is 0.248. The van der Waals surface area contributed by atoms with Gasteiger partial charge >= 0.3 is 0 Å². The number of para-hydroxylation sites is 2. The van der Waals surface area contributed by atoms with Crippen molar-refractivity contribution in [3.63, 3.8) is 0 Å². The lowest BCUT2D eigenvalue weighted by molar-refractivity contribution is 0.121. The van der Waals surface area contributed by atoms with E-state index in [0.29, 0.717) is 11.5 Å². The van der Waals surface area contributed by atoms with Gasteiger partial charge in [-0.1, -0.05) is 38.1 Å². The largest absolute Gasteiger partial charge is 0.493 e. The van der Waals surface area contributed by atoms with Crippen molar-refractivity contribution in [3.8, 4) is 11.5 Å². The van der Waals surface area contributed by atoms with Crippen LogP contribution in [0.4, 0.5) is 0 Å². The van der Waals surface area contributed by atoms with E-state index in [9.17, 15) is 0 Å². The first-order valence-corrected chi connectivity index (χ1v) is 8.23. The van der Waals surface area contributed by atoms with Crippen LogP contribution in [0.1, 0.15) is 31.1 Å². The first-order chi connectivity index (χ1) is 12.1. The third-order valence-electron chi connectivity index (χ3n) is 4.36. The Morgan fingerprint density at radius 2 is 1.52 bits per heavy atom. The second-order valence-corrected chi connectivity index (χ2v) is 6.40. The van der Waals surface area contributed by atoms with Crippen molar-refractivity contribution in [1.29, 1.82) is 0 Å². The molecule has 2 aromatic heterocycles. The Balaban J connectivity index is 2.05. The fourth-order valence-electron chi connectivity index (χ4n) is 2.90. The van der Waals surface area contributed by atoms with Gasteiger partial charge in [0, 0.05) is 35.8 Å². The number of methoxy groups -OCH3 is 1. The highest BCUT2D eigenvalue weighted by Gasteiger charge is 2.35. The molecule has 0 amide bonds. The monoisotopic (exact) mass is 334 g/mol. The molecule has 0 aliphatic heterocycles. The van der Waals surface area contributed by atoms with Crippen molar-refractivity contribution in [2.24, 2.45) is 0 Å². The van der Waals surface area contributed by atoms with Crippen molar-refractivity contribution in [1.82, 2.24) is 9.97 Å². The van der Waals surface area contributed by atoms with Crippen molar-refractivity contribution < 1.29 is 9.47 Å². The van der Waals surface area contributed by atoms with Crippen LogP contribution < -0.4 is 9.47 Å². The van der Waals surface area contributed by atoms with Crippen LogP contribution in [0.2, 0.25) is 0 Å². The Morgan fingerprint density at radius 3 is 2.12 bits per heavy atom. The summed E-state index contributed by atoms with van der Waals surface area (Å²) in [7, 11) is 1.65. The van der Waals surface area contributed by atoms with E-state index in [4.69, 9.17) is 9.47 Å². The molecular formula is C21H22N2O2. The third-order valence-corrected chi connectivity index (χ3v) is 4.36. The Kier molecular flexibility index (Phi) is 4.98. The number of nitrogens with zero attached hydrogens (tertiary/aromatic N) is 2. The summed E-state index contributed by atoms with van der Waals surface area (Å²) in [4.78, 5) is 8.54. The van der Waals surface area contributed by atoms with Gasteiger partial charge < -0.3 is 9.47 Å². The molecule has 0 N–H and O–H groups in total. The minimum atomic E-state index is -0.321. The summed E-state index contributed by atoms with van der Waals surface area (Å²) in [6, 6.07) is 15.7. The maximum absolute atomic E-state index is 6.45. The number of pyridine rings is 2. The van der Waals surface area contributed by atoms with Crippen LogP contribution in [0.5, 0.6) is 11.5 Å². The van der Waals surface area contributed by atoms with Crippen LogP contribution in [0.15, 0.2) is 73.3 Å². The molecule has 0 radical (unpaired) electrons. The van der Waals surface area contributed by atoms with E-state index in [1.807, 2.05) is 54.9 Å². The summed E-state index contributed by atoms with van der Waals surface area (Å²) in [6.07, 6.45) is 7.02. The van der Waals surface area contributed by atoms with Gasteiger partial charge in [0.2, 0.25) is 0 Å². The second kappa shape index (κ2) is 7.34. The zero-order valence-electron chi connectivity index (χ0n) is 14.7. The molecule has 3 rings (SSSR count). The fraction of sp³-hybridized carbons (Fsp3) is 0.238. The highest BCUT2D eigenvalue weighted by molar-refractivity contribution is 5.41. The number of rotatable bonds is 6. The predicted octanol–water partition coefficient (Wildman–Crippen LogP) is 4.58. The Bertz CT molecular complexity index is 804. The van der Waals surface area contributed by atoms with Crippen molar-refractivity contribution in [2.75, 3.05) is 7.11 Å². The van der Waals surface area contributed by atoms with Gasteiger partial charge in [0.15, 0.2) is 11.5 Å². The average molecular weight is 334 g/mol. The maximum atomic E-state index is 6.45. The molecular weight excluding hydrogens is 312 g/mol. The zero-order valence-corrected chi connectivity index (χ0v) is 14.7. The molecule has 0 fully saturated rings. The lowest BCUT2D eigenvalue weighted by Crippen LogP contribution is -2.31. The molecule has 1 atom stereocenters. The Labute approximate surface area is 148 Å². The number of hydrogen-bond acceptors (Lipinski definition) is 4. The van der Waals surface area contributed by atoms with Crippen molar-refractivity contribution in [3.05, 3.63) is 84.4 Å². The highest BCUT2D eigenvalue weighted by Crippen LogP contribution is 2.41. The molecule has 2 heterocycles. The molecule has 1 unspecified atom stereocenters. The molecule has 0 aliphatic rings. The number of aromatic nitrogens is 2. The van der Waals surface area contributed by atoms with Gasteiger partial charge in [-0.05, 0) is 29.8 Å². The molecule has 25 heavy (non-hydrogen) atoms. The topological polar surface area (TPSA) is 44.2 Å². The number of hydrogen-bond donors (Lipinski definition) is 0. The van der Waals surface area contributed by atoms with E-state index in [2.05, 4.69) is 29.9 Å². The molecule has 0 saturated heterocycles. The Hall–Kier alpha value is -2.88. The molecule has 0 aliphatic carbocycles. The number of benzene rings is 1. The maximum Gasteiger partial charge on any atom is 0.162 e. The zero-order chi connectivity index (χ0) is 17.7. The van der Waals surface area contributed by atoms with Gasteiger partial charge in [-0.3, -0.25) is 9.97 Å². The van der Waals surface area contributed by atoms with Crippen molar-refractivity contribution in [2.45, 2.75) is 25.4 Å². The van der Waals surface area contributed by atoms with Gasteiger partial charge in [-0.2, -0.15) is 0 Å². The summed E-state index contributed by atoms with van der Waals surface area (Å²) in [5.41, 5.74) is 1.78. The molecule has 1 aromatic carbocycles. The molecule has 3 aromatic rings. The first-order valence-electron chi connectivity index (χ1n) is 8.23. The van der Waals surface area contributed by atoms with Crippen molar-refractivity contribution >= 4 is 0 Å². The van der Waals surface area contributed by atoms with Crippen LogP contribution in [0, 0.1) is 0 Å². The molecule has 0 saturated carbocycles. The highest BCUT2D eigenvalue weighted by atomic mass is 16.5. The average Bonchev–Trinajstić information content (AvgIpc) is 2.67. The molecule has 128 valence electrons. The molecule has 4 nitrogen and oxygen atoms in total. The standard InChI is InChI=1S/C21H22N2O2/c1-21(2,17-9-7-13-23-15-17)20(16-8-6-12-22-14-16)25-19-11-5-4-10-18(19)24-3/h4-15,20H,1-3H3. The summed E-state index contributed by atoms with van der Waals surface area (Å²) < 4.78 is 11.9. The van der Waals surface area contributed by atoms with E-state index in [0.717, 1.165) is 11.1 Å². The van der Waals surface area contributed by atoms with Gasteiger partial charge in [0.05, 0.1) is 7.11 Å². The van der Waals surface area contributed by atoms with E-state index in [1.165, 1.54) is 0 Å². The number of ether oxygens (including phenoxy) is 2. The van der Waals surface area contributed by atoms with Gasteiger partial charge in [0.1, 0.15) is 6.10 Å². The molecule has 4 heteroatoms. The smallest absolute Gasteiger partial charge is 0.162 e. The summed E-state index contributed by atoms with van der Waals surface area (Å²) in [5.74, 6) is 1.41. The van der Waals surface area contributed by atoms with Gasteiger partial charge in [0.25, 0.3) is 0 Å². The van der Waals surface area contributed by atoms with E-state index in [1.54, 1.807) is 19.5 Å². The van der Waals surface area contributed by atoms with E-state index in [-0.39, 0.29) is 11.5 Å². The van der Waals surface area contributed by atoms with Crippen LogP contribution in [0.25, 0.3) is 0 Å². The third kappa shape index (κ3) is 3.63. The summed E-state index contributed by atoms with van der Waals surface area (Å²) >= 11 is 0. The predicted molar refractivity (Wildman–Crippen MR) is 97.9 cm³/mol. The second-order valence-electron chi connectivity index (χ2n) is 6.40. The van der Waals surface area contributed by atoms with Crippen LogP contribution >= 0.6 is 0 Å². The van der Waals surface area contributed by atoms with E-state index >= 15 is 0 Å². The fourth-order valence-corrected chi connectivity index (χ4v) is 2.90. The Morgan fingerprint density at radius 1 is 0.840 bits per heavy atom.